The first-order valence-electron chi connectivity index (χ1n) is 3.49. The number of aliphatic imine (C=N–C) groups is 1. The normalized spacial score (nSPS) is 20.6. The number of hydrogen-bond acceptors (Lipinski definition) is 4. The summed E-state index contributed by atoms with van der Waals surface area (Å²) in [5.41, 5.74) is 0. The summed E-state index contributed by atoms with van der Waals surface area (Å²) in [5.74, 6) is 0. The maximum absolute atomic E-state index is 11.1. The van der Waals surface area contributed by atoms with Gasteiger partial charge < -0.3 is 4.74 Å². The van der Waals surface area contributed by atoms with Gasteiger partial charge in [-0.2, -0.15) is 8.42 Å². The van der Waals surface area contributed by atoms with E-state index >= 15 is 0 Å². The summed E-state index contributed by atoms with van der Waals surface area (Å²) in [4.78, 5) is 14.3. The molecule has 0 aromatic rings. The van der Waals surface area contributed by atoms with Crippen LogP contribution in [0, 0.1) is 0 Å². The highest BCUT2D eigenvalue weighted by Gasteiger charge is 2.30. The highest BCUT2D eigenvalue weighted by Crippen LogP contribution is 2.03. The smallest absolute Gasteiger partial charge is 0.362 e. The molecule has 1 aliphatic heterocycles. The first-order chi connectivity index (χ1) is 5.97. The summed E-state index contributed by atoms with van der Waals surface area (Å²) in [6, 6.07) is -1.16. The van der Waals surface area contributed by atoms with Crippen LogP contribution >= 0.6 is 0 Å². The monoisotopic (exact) mass is 207 g/mol. The number of ether oxygens (including phenoxy) is 1. The van der Waals surface area contributed by atoms with Crippen molar-refractivity contribution in [3.05, 3.63) is 0 Å². The van der Waals surface area contributed by atoms with Crippen molar-refractivity contribution in [2.75, 3.05) is 13.7 Å². The minimum absolute atomic E-state index is 0.234. The minimum atomic E-state index is -3.80. The van der Waals surface area contributed by atoms with Crippen molar-refractivity contribution in [1.82, 2.24) is 9.03 Å². The predicted octanol–water partition coefficient (Wildman–Crippen LogP) is -0.721. The molecule has 1 N–H and O–H groups in total. The molecule has 13 heavy (non-hydrogen) atoms. The van der Waals surface area contributed by atoms with Crippen molar-refractivity contribution in [3.63, 3.8) is 0 Å². The van der Waals surface area contributed by atoms with Crippen LogP contribution in [0.25, 0.3) is 0 Å². The highest BCUT2D eigenvalue weighted by atomic mass is 32.2. The van der Waals surface area contributed by atoms with Crippen LogP contribution in [0.3, 0.4) is 0 Å². The Morgan fingerprint density at radius 3 is 2.69 bits per heavy atom. The minimum Gasteiger partial charge on any atom is -0.465 e. The molecule has 74 valence electrons. The van der Waals surface area contributed by atoms with Gasteiger partial charge in [-0.1, -0.05) is 0 Å². The molecule has 0 fully saturated rings. The molecule has 0 spiro atoms. The number of urea groups is 1. The third-order valence-electron chi connectivity index (χ3n) is 1.32. The summed E-state index contributed by atoms with van der Waals surface area (Å²) in [6.45, 7) is 1.89. The number of nitrogens with one attached hydrogen (secondary N) is 1. The zero-order valence-corrected chi connectivity index (χ0v) is 7.96. The average Bonchev–Trinajstić information content (AvgIpc) is 2.00. The molecule has 0 atom stereocenters. The summed E-state index contributed by atoms with van der Waals surface area (Å²) in [5, 5.41) is 0. The fourth-order valence-electron chi connectivity index (χ4n) is 0.660. The Morgan fingerprint density at radius 1 is 1.62 bits per heavy atom. The Morgan fingerprint density at radius 2 is 2.23 bits per heavy atom. The van der Waals surface area contributed by atoms with Gasteiger partial charge in [-0.3, -0.25) is 0 Å². The molecule has 0 bridgehead atoms. The van der Waals surface area contributed by atoms with Crippen LogP contribution in [0.15, 0.2) is 4.99 Å². The molecule has 1 heterocycles. The molecular formula is C5H9N3O4S. The lowest BCUT2D eigenvalue weighted by molar-refractivity contribution is 0.233. The van der Waals surface area contributed by atoms with Crippen LogP contribution in [0.4, 0.5) is 4.79 Å². The number of carbonyl (C=O) groups is 1. The van der Waals surface area contributed by atoms with E-state index in [1.54, 1.807) is 6.92 Å². The molecule has 1 aliphatic rings. The topological polar surface area (TPSA) is 88.1 Å². The maximum atomic E-state index is 11.1. The lowest BCUT2D eigenvalue weighted by atomic mass is 10.8. The Balaban J connectivity index is 2.96. The first kappa shape index (κ1) is 9.78. The Hall–Kier alpha value is -1.31. The van der Waals surface area contributed by atoms with Crippen molar-refractivity contribution in [2.24, 2.45) is 4.99 Å². The maximum Gasteiger partial charge on any atom is 0.362 e. The van der Waals surface area contributed by atoms with Gasteiger partial charge in [-0.05, 0) is 6.92 Å². The van der Waals surface area contributed by atoms with Crippen LogP contribution in [-0.4, -0.2) is 38.4 Å². The zero-order valence-electron chi connectivity index (χ0n) is 7.14. The van der Waals surface area contributed by atoms with E-state index in [2.05, 4.69) is 4.99 Å². The van der Waals surface area contributed by atoms with Crippen molar-refractivity contribution < 1.29 is 17.9 Å². The van der Waals surface area contributed by atoms with Crippen LogP contribution in [0.2, 0.25) is 0 Å². The van der Waals surface area contributed by atoms with Gasteiger partial charge in [0.15, 0.2) is 0 Å². The molecule has 0 aromatic heterocycles. The lowest BCUT2D eigenvalue weighted by Crippen LogP contribution is -2.49. The molecule has 2 amide bonds. The Bertz CT molecular complexity index is 347. The lowest BCUT2D eigenvalue weighted by Gasteiger charge is -2.21. The van der Waals surface area contributed by atoms with E-state index in [-0.39, 0.29) is 12.6 Å². The average molecular weight is 207 g/mol. The quantitative estimate of drug-likeness (QED) is 0.614. The van der Waals surface area contributed by atoms with E-state index in [4.69, 9.17) is 4.74 Å². The van der Waals surface area contributed by atoms with Crippen LogP contribution in [-0.2, 0) is 14.9 Å². The largest absolute Gasteiger partial charge is 0.465 e. The van der Waals surface area contributed by atoms with E-state index < -0.39 is 16.2 Å². The van der Waals surface area contributed by atoms with Gasteiger partial charge >= 0.3 is 22.3 Å². The van der Waals surface area contributed by atoms with E-state index in [9.17, 15) is 13.2 Å². The Labute approximate surface area is 75.6 Å². The Kier molecular flexibility index (Phi) is 2.41. The van der Waals surface area contributed by atoms with Crippen molar-refractivity contribution in [1.29, 1.82) is 0 Å². The summed E-state index contributed by atoms with van der Waals surface area (Å²) >= 11 is 0. The van der Waals surface area contributed by atoms with Crippen molar-refractivity contribution in [2.45, 2.75) is 6.92 Å². The van der Waals surface area contributed by atoms with Gasteiger partial charge in [0.25, 0.3) is 0 Å². The van der Waals surface area contributed by atoms with Crippen molar-refractivity contribution >= 4 is 22.3 Å². The van der Waals surface area contributed by atoms with Gasteiger partial charge in [-0.25, -0.2) is 13.8 Å². The molecule has 0 aromatic carbocycles. The molecule has 8 heteroatoms. The van der Waals surface area contributed by atoms with Gasteiger partial charge in [0.1, 0.15) is 0 Å². The summed E-state index contributed by atoms with van der Waals surface area (Å²) in [6.07, 6.45) is 0. The molecular weight excluding hydrogens is 198 g/mol. The number of carbonyl (C=O) groups excluding carboxylic acids is 1. The fraction of sp³-hybridized carbons (Fsp3) is 0.600. The second kappa shape index (κ2) is 3.21. The molecule has 1 rings (SSSR count). The van der Waals surface area contributed by atoms with Gasteiger partial charge in [-0.15, -0.1) is 4.99 Å². The first-order valence-corrected chi connectivity index (χ1v) is 4.93. The molecule has 0 saturated carbocycles. The fourth-order valence-corrected chi connectivity index (χ4v) is 1.37. The van der Waals surface area contributed by atoms with E-state index in [0.717, 1.165) is 7.05 Å². The number of hydrogen-bond donors (Lipinski definition) is 1. The number of amidine groups is 1. The summed E-state index contributed by atoms with van der Waals surface area (Å²) in [7, 11) is -2.70. The second-order valence-corrected chi connectivity index (χ2v) is 3.91. The SMILES string of the molecule is CCOC1=NC(=O)N(C)S(=O)(=O)N1. The standard InChI is InChI=1S/C5H9N3O4S/c1-3-12-4-6-5(9)8(2)13(10,11)7-4/h3H2,1-2H3,(H,6,7,9). The third-order valence-corrected chi connectivity index (χ3v) is 2.63. The summed E-state index contributed by atoms with van der Waals surface area (Å²) < 4.78 is 29.4. The van der Waals surface area contributed by atoms with Crippen LogP contribution in [0.5, 0.6) is 0 Å². The molecule has 0 aliphatic carbocycles. The van der Waals surface area contributed by atoms with Gasteiger partial charge in [0, 0.05) is 7.05 Å². The number of amides is 2. The van der Waals surface area contributed by atoms with Crippen LogP contribution < -0.4 is 4.72 Å². The molecule has 7 nitrogen and oxygen atoms in total. The highest BCUT2D eigenvalue weighted by molar-refractivity contribution is 7.88. The molecule has 0 saturated heterocycles. The predicted molar refractivity (Wildman–Crippen MR) is 44.3 cm³/mol. The molecule has 0 radical (unpaired) electrons. The zero-order chi connectivity index (χ0) is 10.1. The third kappa shape index (κ3) is 1.89. The van der Waals surface area contributed by atoms with E-state index in [0.29, 0.717) is 4.31 Å². The second-order valence-electron chi connectivity index (χ2n) is 2.21. The number of rotatable bonds is 1. The van der Waals surface area contributed by atoms with Crippen molar-refractivity contribution in [3.8, 4) is 0 Å². The molecule has 0 unspecified atom stereocenters. The van der Waals surface area contributed by atoms with Crippen LogP contribution in [0.1, 0.15) is 6.92 Å². The van der Waals surface area contributed by atoms with E-state index in [1.165, 1.54) is 0 Å². The van der Waals surface area contributed by atoms with Gasteiger partial charge in [0.05, 0.1) is 6.61 Å². The van der Waals surface area contributed by atoms with E-state index in [1.807, 2.05) is 4.72 Å². The van der Waals surface area contributed by atoms with Gasteiger partial charge in [0.2, 0.25) is 0 Å². The number of nitrogens with zero attached hydrogens (tertiary/aromatic N) is 2.